The Morgan fingerprint density at radius 2 is 1.95 bits per heavy atom. The number of hydrogen-bond donors (Lipinski definition) is 1. The number of rotatable bonds is 6. The van der Waals surface area contributed by atoms with Crippen LogP contribution in [0, 0.1) is 0 Å². The molecule has 0 saturated carbocycles. The van der Waals surface area contributed by atoms with Gasteiger partial charge in [0.2, 0.25) is 0 Å². The largest absolute Gasteiger partial charge is 0.491 e. The summed E-state index contributed by atoms with van der Waals surface area (Å²) in [6.45, 7) is 7.95. The third kappa shape index (κ3) is 3.61. The summed E-state index contributed by atoms with van der Waals surface area (Å²) in [5.74, 6) is 0.896. The molecule has 0 fully saturated rings. The van der Waals surface area contributed by atoms with Crippen LogP contribution in [0.15, 0.2) is 30.5 Å². The van der Waals surface area contributed by atoms with Crippen molar-refractivity contribution in [1.29, 1.82) is 0 Å². The highest BCUT2D eigenvalue weighted by molar-refractivity contribution is 5.63. The van der Waals surface area contributed by atoms with Crippen LogP contribution in [0.2, 0.25) is 0 Å². The third-order valence-electron chi connectivity index (χ3n) is 2.97. The predicted octanol–water partition coefficient (Wildman–Crippen LogP) is 2.98. The first-order chi connectivity index (χ1) is 9.60. The molecule has 4 nitrogen and oxygen atoms in total. The van der Waals surface area contributed by atoms with Crippen LogP contribution in [0.3, 0.4) is 0 Å². The minimum Gasteiger partial charge on any atom is -0.491 e. The number of ether oxygens (including phenoxy) is 1. The molecule has 0 unspecified atom stereocenters. The van der Waals surface area contributed by atoms with Crippen LogP contribution < -0.4 is 10.1 Å². The van der Waals surface area contributed by atoms with E-state index in [1.54, 1.807) is 0 Å². The zero-order valence-corrected chi connectivity index (χ0v) is 12.7. The fraction of sp³-hybridized carbons (Fsp3) is 0.438. The SMILES string of the molecule is CCNCc1cn(C)nc1-c1ccc(OC(C)C)cc1. The van der Waals surface area contributed by atoms with Crippen molar-refractivity contribution in [2.45, 2.75) is 33.4 Å². The van der Waals surface area contributed by atoms with Gasteiger partial charge in [0.1, 0.15) is 5.75 Å². The van der Waals surface area contributed by atoms with Gasteiger partial charge in [-0.1, -0.05) is 6.92 Å². The Morgan fingerprint density at radius 3 is 2.55 bits per heavy atom. The first-order valence-corrected chi connectivity index (χ1v) is 7.10. The number of nitrogens with zero attached hydrogens (tertiary/aromatic N) is 2. The van der Waals surface area contributed by atoms with Crippen LogP contribution in [0.1, 0.15) is 26.3 Å². The second-order valence-corrected chi connectivity index (χ2v) is 5.15. The van der Waals surface area contributed by atoms with E-state index >= 15 is 0 Å². The number of nitrogens with one attached hydrogen (secondary N) is 1. The third-order valence-corrected chi connectivity index (χ3v) is 2.97. The molecule has 0 aliphatic heterocycles. The lowest BCUT2D eigenvalue weighted by Crippen LogP contribution is -2.11. The number of benzene rings is 1. The topological polar surface area (TPSA) is 39.1 Å². The molecule has 2 aromatic rings. The summed E-state index contributed by atoms with van der Waals surface area (Å²) in [4.78, 5) is 0. The molecule has 0 radical (unpaired) electrons. The van der Waals surface area contributed by atoms with Gasteiger partial charge in [-0.3, -0.25) is 4.68 Å². The zero-order chi connectivity index (χ0) is 14.5. The smallest absolute Gasteiger partial charge is 0.119 e. The lowest BCUT2D eigenvalue weighted by molar-refractivity contribution is 0.242. The molecule has 1 N–H and O–H groups in total. The van der Waals surface area contributed by atoms with Crippen molar-refractivity contribution >= 4 is 0 Å². The van der Waals surface area contributed by atoms with E-state index in [9.17, 15) is 0 Å². The van der Waals surface area contributed by atoms with E-state index in [2.05, 4.69) is 35.7 Å². The minimum absolute atomic E-state index is 0.194. The lowest BCUT2D eigenvalue weighted by Gasteiger charge is -2.10. The maximum absolute atomic E-state index is 5.67. The number of aromatic nitrogens is 2. The van der Waals surface area contributed by atoms with Gasteiger partial charge in [-0.05, 0) is 44.7 Å². The van der Waals surface area contributed by atoms with Crippen molar-refractivity contribution in [2.24, 2.45) is 7.05 Å². The van der Waals surface area contributed by atoms with Crippen molar-refractivity contribution < 1.29 is 4.74 Å². The van der Waals surface area contributed by atoms with Crippen LogP contribution in [-0.4, -0.2) is 22.4 Å². The van der Waals surface area contributed by atoms with Crippen LogP contribution in [-0.2, 0) is 13.6 Å². The molecule has 1 heterocycles. The fourth-order valence-corrected chi connectivity index (χ4v) is 2.13. The van der Waals surface area contributed by atoms with E-state index < -0.39 is 0 Å². The summed E-state index contributed by atoms with van der Waals surface area (Å²) in [6.07, 6.45) is 2.26. The summed E-state index contributed by atoms with van der Waals surface area (Å²) in [6, 6.07) is 8.13. The molecular formula is C16H23N3O. The van der Waals surface area contributed by atoms with E-state index in [0.717, 1.165) is 30.1 Å². The molecule has 0 bridgehead atoms. The fourth-order valence-electron chi connectivity index (χ4n) is 2.13. The van der Waals surface area contributed by atoms with Crippen molar-refractivity contribution in [2.75, 3.05) is 6.54 Å². The lowest BCUT2D eigenvalue weighted by atomic mass is 10.1. The predicted molar refractivity (Wildman–Crippen MR) is 81.8 cm³/mol. The first kappa shape index (κ1) is 14.6. The van der Waals surface area contributed by atoms with Crippen molar-refractivity contribution in [3.8, 4) is 17.0 Å². The molecule has 108 valence electrons. The van der Waals surface area contributed by atoms with Gasteiger partial charge in [-0.25, -0.2) is 0 Å². The van der Waals surface area contributed by atoms with Crippen molar-refractivity contribution in [1.82, 2.24) is 15.1 Å². The molecule has 0 aliphatic carbocycles. The van der Waals surface area contributed by atoms with E-state index in [-0.39, 0.29) is 6.10 Å². The highest BCUT2D eigenvalue weighted by Gasteiger charge is 2.10. The summed E-state index contributed by atoms with van der Waals surface area (Å²) >= 11 is 0. The van der Waals surface area contributed by atoms with Crippen LogP contribution >= 0.6 is 0 Å². The highest BCUT2D eigenvalue weighted by Crippen LogP contribution is 2.24. The van der Waals surface area contributed by atoms with Gasteiger partial charge in [-0.15, -0.1) is 0 Å². The average Bonchev–Trinajstić information content (AvgIpc) is 2.78. The molecule has 0 saturated heterocycles. The maximum atomic E-state index is 5.67. The Balaban J connectivity index is 2.22. The molecular weight excluding hydrogens is 250 g/mol. The second-order valence-electron chi connectivity index (χ2n) is 5.15. The quantitative estimate of drug-likeness (QED) is 0.879. The molecule has 2 rings (SSSR count). The van der Waals surface area contributed by atoms with Gasteiger partial charge in [-0.2, -0.15) is 5.10 Å². The van der Waals surface area contributed by atoms with E-state index in [4.69, 9.17) is 4.74 Å². The number of aryl methyl sites for hydroxylation is 1. The zero-order valence-electron chi connectivity index (χ0n) is 12.7. The second kappa shape index (κ2) is 6.57. The van der Waals surface area contributed by atoms with Gasteiger partial charge < -0.3 is 10.1 Å². The molecule has 20 heavy (non-hydrogen) atoms. The molecule has 4 heteroatoms. The summed E-state index contributed by atoms with van der Waals surface area (Å²) in [7, 11) is 1.95. The summed E-state index contributed by atoms with van der Waals surface area (Å²) in [5.41, 5.74) is 3.37. The Morgan fingerprint density at radius 1 is 1.25 bits per heavy atom. The van der Waals surface area contributed by atoms with Gasteiger partial charge in [0.05, 0.1) is 11.8 Å². The first-order valence-electron chi connectivity index (χ1n) is 7.10. The summed E-state index contributed by atoms with van der Waals surface area (Å²) < 4.78 is 7.53. The number of hydrogen-bond acceptors (Lipinski definition) is 3. The van der Waals surface area contributed by atoms with Gasteiger partial charge in [0.25, 0.3) is 0 Å². The molecule has 0 atom stereocenters. The molecule has 1 aromatic carbocycles. The highest BCUT2D eigenvalue weighted by atomic mass is 16.5. The van der Waals surface area contributed by atoms with Crippen molar-refractivity contribution in [3.63, 3.8) is 0 Å². The van der Waals surface area contributed by atoms with Gasteiger partial charge in [0.15, 0.2) is 0 Å². The minimum atomic E-state index is 0.194. The standard InChI is InChI=1S/C16H23N3O/c1-5-17-10-14-11-19(4)18-16(14)13-6-8-15(9-7-13)20-12(2)3/h6-9,11-12,17H,5,10H2,1-4H3. The Labute approximate surface area is 120 Å². The van der Waals surface area contributed by atoms with Crippen LogP contribution in [0.5, 0.6) is 5.75 Å². The van der Waals surface area contributed by atoms with Crippen molar-refractivity contribution in [3.05, 3.63) is 36.0 Å². The molecule has 0 aliphatic rings. The monoisotopic (exact) mass is 273 g/mol. The van der Waals surface area contributed by atoms with E-state index in [0.29, 0.717) is 0 Å². The van der Waals surface area contributed by atoms with E-state index in [1.165, 1.54) is 5.56 Å². The maximum Gasteiger partial charge on any atom is 0.119 e. The molecule has 1 aromatic heterocycles. The van der Waals surface area contributed by atoms with Gasteiger partial charge >= 0.3 is 0 Å². The Kier molecular flexibility index (Phi) is 4.79. The van der Waals surface area contributed by atoms with Crippen LogP contribution in [0.4, 0.5) is 0 Å². The molecule has 0 amide bonds. The Bertz CT molecular complexity index is 543. The van der Waals surface area contributed by atoms with Crippen LogP contribution in [0.25, 0.3) is 11.3 Å². The molecule has 0 spiro atoms. The normalized spacial score (nSPS) is 11.1. The van der Waals surface area contributed by atoms with Gasteiger partial charge in [0, 0.05) is 30.9 Å². The average molecular weight is 273 g/mol. The summed E-state index contributed by atoms with van der Waals surface area (Å²) in [5, 5.41) is 7.91. The Hall–Kier alpha value is -1.81. The van der Waals surface area contributed by atoms with E-state index in [1.807, 2.05) is 37.7 Å².